The second-order valence-electron chi connectivity index (χ2n) is 5.82. The van der Waals surface area contributed by atoms with Gasteiger partial charge in [0.1, 0.15) is 11.5 Å². The van der Waals surface area contributed by atoms with E-state index in [0.717, 1.165) is 23.5 Å². The van der Waals surface area contributed by atoms with Gasteiger partial charge in [-0.2, -0.15) is 11.8 Å². The Labute approximate surface area is 114 Å². The van der Waals surface area contributed by atoms with Crippen LogP contribution in [0.15, 0.2) is 16.5 Å². The van der Waals surface area contributed by atoms with Crippen LogP contribution in [0.1, 0.15) is 50.0 Å². The largest absolute Gasteiger partial charge is 0.464 e. The van der Waals surface area contributed by atoms with Gasteiger partial charge >= 0.3 is 0 Å². The van der Waals surface area contributed by atoms with E-state index in [0.29, 0.717) is 12.0 Å². The normalized spacial score (nSPS) is 35.0. The Morgan fingerprint density at radius 1 is 1.39 bits per heavy atom. The molecular weight excluding hydrogens is 242 g/mol. The lowest BCUT2D eigenvalue weighted by Gasteiger charge is -2.18. The zero-order valence-electron chi connectivity index (χ0n) is 11.3. The molecule has 100 valence electrons. The maximum Gasteiger partial charge on any atom is 0.117 e. The summed E-state index contributed by atoms with van der Waals surface area (Å²) >= 11 is 2.00. The number of hydrogen-bond acceptors (Lipinski definition) is 3. The molecule has 2 aliphatic carbocycles. The molecule has 4 atom stereocenters. The van der Waals surface area contributed by atoms with E-state index in [-0.39, 0.29) is 0 Å². The van der Waals surface area contributed by atoms with Crippen molar-refractivity contribution in [2.75, 3.05) is 6.26 Å². The first-order valence-electron chi connectivity index (χ1n) is 7.12. The highest BCUT2D eigenvalue weighted by Gasteiger charge is 2.36. The average molecular weight is 265 g/mol. The molecule has 4 unspecified atom stereocenters. The van der Waals surface area contributed by atoms with Crippen LogP contribution < -0.4 is 5.32 Å². The molecule has 18 heavy (non-hydrogen) atoms. The van der Waals surface area contributed by atoms with Crippen LogP contribution in [0.5, 0.6) is 0 Å². The topological polar surface area (TPSA) is 25.2 Å². The Morgan fingerprint density at radius 3 is 2.94 bits per heavy atom. The summed E-state index contributed by atoms with van der Waals surface area (Å²) in [7, 11) is 0. The maximum atomic E-state index is 5.94. The lowest BCUT2D eigenvalue weighted by atomic mass is 10.2. The summed E-state index contributed by atoms with van der Waals surface area (Å²) in [5.41, 5.74) is 0. The number of furan rings is 1. The predicted molar refractivity (Wildman–Crippen MR) is 77.0 cm³/mol. The number of rotatable bonds is 5. The van der Waals surface area contributed by atoms with E-state index in [1.165, 1.54) is 31.4 Å². The zero-order valence-corrected chi connectivity index (χ0v) is 12.1. The highest BCUT2D eigenvalue weighted by Crippen LogP contribution is 2.47. The number of hydrogen-bond donors (Lipinski definition) is 1. The van der Waals surface area contributed by atoms with Crippen LogP contribution in [-0.4, -0.2) is 17.5 Å². The molecule has 2 fully saturated rings. The monoisotopic (exact) mass is 265 g/mol. The molecule has 3 heteroatoms. The van der Waals surface area contributed by atoms with Gasteiger partial charge in [-0.05, 0) is 43.6 Å². The van der Waals surface area contributed by atoms with E-state index >= 15 is 0 Å². The zero-order chi connectivity index (χ0) is 12.5. The van der Waals surface area contributed by atoms with Crippen molar-refractivity contribution >= 4 is 11.8 Å². The molecule has 1 aromatic heterocycles. The van der Waals surface area contributed by atoms with Gasteiger partial charge in [0.05, 0.1) is 6.54 Å². The van der Waals surface area contributed by atoms with E-state index in [4.69, 9.17) is 4.42 Å². The first kappa shape index (κ1) is 12.6. The summed E-state index contributed by atoms with van der Waals surface area (Å²) in [4.78, 5) is 0. The smallest absolute Gasteiger partial charge is 0.117 e. The molecule has 0 aliphatic heterocycles. The third-order valence-corrected chi connectivity index (χ3v) is 5.62. The molecule has 0 bridgehead atoms. The highest BCUT2D eigenvalue weighted by molar-refractivity contribution is 7.99. The Kier molecular flexibility index (Phi) is 3.71. The second-order valence-corrected chi connectivity index (χ2v) is 6.89. The Morgan fingerprint density at radius 2 is 2.22 bits per heavy atom. The van der Waals surface area contributed by atoms with Gasteiger partial charge in [-0.3, -0.25) is 0 Å². The summed E-state index contributed by atoms with van der Waals surface area (Å²) in [6, 6.07) is 5.00. The molecule has 0 radical (unpaired) electrons. The fraction of sp³-hybridized carbons (Fsp3) is 0.733. The van der Waals surface area contributed by atoms with Crippen molar-refractivity contribution in [2.45, 2.75) is 56.4 Å². The van der Waals surface area contributed by atoms with Gasteiger partial charge in [0.2, 0.25) is 0 Å². The van der Waals surface area contributed by atoms with Gasteiger partial charge in [0.15, 0.2) is 0 Å². The molecule has 1 aromatic rings. The van der Waals surface area contributed by atoms with Crippen molar-refractivity contribution in [2.24, 2.45) is 5.92 Å². The molecule has 1 N–H and O–H groups in total. The molecule has 0 spiro atoms. The average Bonchev–Trinajstić information content (AvgIpc) is 2.86. The van der Waals surface area contributed by atoms with Crippen molar-refractivity contribution in [3.8, 4) is 0 Å². The molecule has 2 aliphatic rings. The third-order valence-electron chi connectivity index (χ3n) is 4.45. The number of thioether (sulfide) groups is 1. The van der Waals surface area contributed by atoms with E-state index in [9.17, 15) is 0 Å². The highest BCUT2D eigenvalue weighted by atomic mass is 32.2. The van der Waals surface area contributed by atoms with Crippen molar-refractivity contribution in [1.29, 1.82) is 0 Å². The molecule has 3 rings (SSSR count). The van der Waals surface area contributed by atoms with Gasteiger partial charge in [-0.1, -0.05) is 13.3 Å². The van der Waals surface area contributed by atoms with Crippen LogP contribution in [0.25, 0.3) is 0 Å². The van der Waals surface area contributed by atoms with Crippen molar-refractivity contribution in [3.63, 3.8) is 0 Å². The van der Waals surface area contributed by atoms with Crippen LogP contribution in [0, 0.1) is 5.92 Å². The number of nitrogens with one attached hydrogen (secondary N) is 1. The SMILES string of the molecule is CSC1CCCC1NCc1ccc(C2CC2C)o1. The van der Waals surface area contributed by atoms with Crippen LogP contribution in [0.2, 0.25) is 0 Å². The minimum Gasteiger partial charge on any atom is -0.464 e. The van der Waals surface area contributed by atoms with Gasteiger partial charge in [-0.25, -0.2) is 0 Å². The minimum absolute atomic E-state index is 0.674. The summed E-state index contributed by atoms with van der Waals surface area (Å²) in [6.07, 6.45) is 7.58. The first-order valence-corrected chi connectivity index (χ1v) is 8.41. The van der Waals surface area contributed by atoms with E-state index in [2.05, 4.69) is 30.6 Å². The molecule has 2 nitrogen and oxygen atoms in total. The Balaban J connectivity index is 1.52. The van der Waals surface area contributed by atoms with Crippen molar-refractivity contribution in [1.82, 2.24) is 5.32 Å². The van der Waals surface area contributed by atoms with E-state index in [1.807, 2.05) is 11.8 Å². The van der Waals surface area contributed by atoms with Crippen molar-refractivity contribution in [3.05, 3.63) is 23.7 Å². The summed E-state index contributed by atoms with van der Waals surface area (Å²) in [6.45, 7) is 3.19. The molecule has 1 heterocycles. The molecular formula is C15H23NOS. The Hall–Kier alpha value is -0.410. The van der Waals surface area contributed by atoms with Crippen LogP contribution in [-0.2, 0) is 6.54 Å². The summed E-state index contributed by atoms with van der Waals surface area (Å²) < 4.78 is 5.94. The van der Waals surface area contributed by atoms with Crippen LogP contribution in [0.3, 0.4) is 0 Å². The lowest BCUT2D eigenvalue weighted by Crippen LogP contribution is -2.33. The third kappa shape index (κ3) is 2.62. The fourth-order valence-corrected chi connectivity index (χ4v) is 4.04. The first-order chi connectivity index (χ1) is 8.78. The molecule has 0 amide bonds. The second kappa shape index (κ2) is 5.30. The van der Waals surface area contributed by atoms with E-state index < -0.39 is 0 Å². The van der Waals surface area contributed by atoms with Gasteiger partial charge in [0.25, 0.3) is 0 Å². The molecule has 2 saturated carbocycles. The van der Waals surface area contributed by atoms with Gasteiger partial charge < -0.3 is 9.73 Å². The van der Waals surface area contributed by atoms with Crippen LogP contribution >= 0.6 is 11.8 Å². The standard InChI is InChI=1S/C15H23NOS/c1-10-8-12(10)14-7-6-11(17-14)9-16-13-4-3-5-15(13)18-2/h6-7,10,12-13,15-16H,3-5,8-9H2,1-2H3. The Bertz CT molecular complexity index is 403. The molecule has 0 saturated heterocycles. The van der Waals surface area contributed by atoms with Gasteiger partial charge in [0, 0.05) is 17.2 Å². The van der Waals surface area contributed by atoms with Crippen molar-refractivity contribution < 1.29 is 4.42 Å². The van der Waals surface area contributed by atoms with Gasteiger partial charge in [-0.15, -0.1) is 0 Å². The van der Waals surface area contributed by atoms with E-state index in [1.54, 1.807) is 0 Å². The molecule has 0 aromatic carbocycles. The fourth-order valence-electron chi connectivity index (χ4n) is 3.08. The lowest BCUT2D eigenvalue weighted by molar-refractivity contribution is 0.423. The summed E-state index contributed by atoms with van der Waals surface area (Å²) in [5.74, 6) is 3.83. The maximum absolute atomic E-state index is 5.94. The minimum atomic E-state index is 0.674. The van der Waals surface area contributed by atoms with Crippen LogP contribution in [0.4, 0.5) is 0 Å². The summed E-state index contributed by atoms with van der Waals surface area (Å²) in [5, 5.41) is 4.46. The quantitative estimate of drug-likeness (QED) is 0.877. The predicted octanol–water partition coefficient (Wildman–Crippen LogP) is 3.78.